The Hall–Kier alpha value is -2.09. The molecule has 2 heteroatoms. The molecule has 0 bridgehead atoms. The second-order valence-electron chi connectivity index (χ2n) is 4.85. The predicted octanol–water partition coefficient (Wildman–Crippen LogP) is 3.70. The Labute approximate surface area is 113 Å². The highest BCUT2D eigenvalue weighted by Crippen LogP contribution is 2.30. The second kappa shape index (κ2) is 4.88. The van der Waals surface area contributed by atoms with Gasteiger partial charge in [-0.25, -0.2) is 4.79 Å². The normalized spacial score (nSPS) is 17.7. The van der Waals surface area contributed by atoms with Gasteiger partial charge in [0, 0.05) is 6.42 Å². The first kappa shape index (κ1) is 12.0. The average Bonchev–Trinajstić information content (AvgIpc) is 2.48. The minimum Gasteiger partial charge on any atom is -0.454 e. The first-order valence-electron chi connectivity index (χ1n) is 6.65. The van der Waals surface area contributed by atoms with Gasteiger partial charge in [0.2, 0.25) is 0 Å². The van der Waals surface area contributed by atoms with Crippen molar-refractivity contribution in [1.82, 2.24) is 0 Å². The standard InChI is InChI=1S/C17H16O2/c1-2-12-8-9-14-11-16(13-6-4-3-5-7-13)19-17(18)15(14)10-12/h3-10,16H,2,11H2,1H3. The lowest BCUT2D eigenvalue weighted by molar-refractivity contribution is 0.0252. The van der Waals surface area contributed by atoms with E-state index in [2.05, 4.69) is 19.1 Å². The number of ether oxygens (including phenoxy) is 1. The van der Waals surface area contributed by atoms with Crippen LogP contribution in [0.15, 0.2) is 48.5 Å². The zero-order valence-corrected chi connectivity index (χ0v) is 10.9. The minimum absolute atomic E-state index is 0.159. The topological polar surface area (TPSA) is 26.3 Å². The molecule has 1 unspecified atom stereocenters. The maximum Gasteiger partial charge on any atom is 0.339 e. The first-order chi connectivity index (χ1) is 9.28. The predicted molar refractivity (Wildman–Crippen MR) is 74.1 cm³/mol. The molecule has 0 aromatic heterocycles. The fourth-order valence-corrected chi connectivity index (χ4v) is 2.50. The number of benzene rings is 2. The highest BCUT2D eigenvalue weighted by molar-refractivity contribution is 5.92. The minimum atomic E-state index is -0.203. The molecule has 0 fully saturated rings. The Kier molecular flexibility index (Phi) is 3.08. The SMILES string of the molecule is CCc1ccc2c(c1)C(=O)OC(c1ccccc1)C2. The highest BCUT2D eigenvalue weighted by atomic mass is 16.5. The lowest BCUT2D eigenvalue weighted by Gasteiger charge is -2.25. The zero-order chi connectivity index (χ0) is 13.2. The fourth-order valence-electron chi connectivity index (χ4n) is 2.50. The summed E-state index contributed by atoms with van der Waals surface area (Å²) in [5, 5.41) is 0. The molecule has 1 heterocycles. The van der Waals surface area contributed by atoms with Crippen molar-refractivity contribution in [3.05, 3.63) is 70.8 Å². The van der Waals surface area contributed by atoms with Gasteiger partial charge in [0.15, 0.2) is 0 Å². The van der Waals surface area contributed by atoms with Crippen molar-refractivity contribution < 1.29 is 9.53 Å². The quantitative estimate of drug-likeness (QED) is 0.762. The van der Waals surface area contributed by atoms with Crippen LogP contribution in [0, 0.1) is 0 Å². The number of hydrogen-bond donors (Lipinski definition) is 0. The van der Waals surface area contributed by atoms with Crippen LogP contribution in [0.4, 0.5) is 0 Å². The first-order valence-corrected chi connectivity index (χ1v) is 6.65. The summed E-state index contributed by atoms with van der Waals surface area (Å²) in [6, 6.07) is 16.0. The van der Waals surface area contributed by atoms with E-state index in [9.17, 15) is 4.79 Å². The Morgan fingerprint density at radius 2 is 1.95 bits per heavy atom. The van der Waals surface area contributed by atoms with Crippen molar-refractivity contribution in [3.63, 3.8) is 0 Å². The van der Waals surface area contributed by atoms with E-state index in [-0.39, 0.29) is 12.1 Å². The molecule has 3 rings (SSSR count). The highest BCUT2D eigenvalue weighted by Gasteiger charge is 2.27. The summed E-state index contributed by atoms with van der Waals surface area (Å²) in [4.78, 5) is 12.1. The molecule has 0 spiro atoms. The molecule has 0 saturated carbocycles. The van der Waals surface area contributed by atoms with Gasteiger partial charge in [-0.15, -0.1) is 0 Å². The van der Waals surface area contributed by atoms with E-state index in [1.165, 1.54) is 5.56 Å². The van der Waals surface area contributed by atoms with Crippen molar-refractivity contribution in [2.24, 2.45) is 0 Å². The van der Waals surface area contributed by atoms with E-state index in [0.717, 1.165) is 29.5 Å². The van der Waals surface area contributed by atoms with Gasteiger partial charge in [-0.3, -0.25) is 0 Å². The van der Waals surface area contributed by atoms with Crippen molar-refractivity contribution in [2.75, 3.05) is 0 Å². The van der Waals surface area contributed by atoms with Gasteiger partial charge in [0.05, 0.1) is 5.56 Å². The number of hydrogen-bond acceptors (Lipinski definition) is 2. The monoisotopic (exact) mass is 252 g/mol. The third-order valence-electron chi connectivity index (χ3n) is 3.63. The maximum atomic E-state index is 12.1. The summed E-state index contributed by atoms with van der Waals surface area (Å²) in [7, 11) is 0. The van der Waals surface area contributed by atoms with Crippen LogP contribution >= 0.6 is 0 Å². The molecular formula is C17H16O2. The van der Waals surface area contributed by atoms with E-state index >= 15 is 0 Å². The summed E-state index contributed by atoms with van der Waals surface area (Å²) < 4.78 is 5.56. The lowest BCUT2D eigenvalue weighted by atomic mass is 9.93. The summed E-state index contributed by atoms with van der Waals surface area (Å²) in [6.07, 6.45) is 1.53. The van der Waals surface area contributed by atoms with Crippen LogP contribution in [-0.2, 0) is 17.6 Å². The van der Waals surface area contributed by atoms with E-state index in [0.29, 0.717) is 0 Å². The summed E-state index contributed by atoms with van der Waals surface area (Å²) >= 11 is 0. The van der Waals surface area contributed by atoms with Gasteiger partial charge in [-0.05, 0) is 29.2 Å². The van der Waals surface area contributed by atoms with Crippen molar-refractivity contribution in [1.29, 1.82) is 0 Å². The molecule has 2 aromatic rings. The van der Waals surface area contributed by atoms with E-state index in [1.54, 1.807) is 0 Å². The van der Waals surface area contributed by atoms with E-state index in [4.69, 9.17) is 4.74 Å². The van der Waals surface area contributed by atoms with Gasteiger partial charge in [0.1, 0.15) is 6.10 Å². The van der Waals surface area contributed by atoms with Gasteiger partial charge in [-0.2, -0.15) is 0 Å². The number of carbonyl (C=O) groups is 1. The summed E-state index contributed by atoms with van der Waals surface area (Å²) in [5.41, 5.74) is 4.05. The van der Waals surface area contributed by atoms with Crippen LogP contribution in [0.3, 0.4) is 0 Å². The van der Waals surface area contributed by atoms with Gasteiger partial charge in [0.25, 0.3) is 0 Å². The fraction of sp³-hybridized carbons (Fsp3) is 0.235. The summed E-state index contributed by atoms with van der Waals surface area (Å²) in [6.45, 7) is 2.09. The van der Waals surface area contributed by atoms with Crippen LogP contribution < -0.4 is 0 Å². The smallest absolute Gasteiger partial charge is 0.339 e. The number of fused-ring (bicyclic) bond motifs is 1. The van der Waals surface area contributed by atoms with Gasteiger partial charge >= 0.3 is 5.97 Å². The lowest BCUT2D eigenvalue weighted by Crippen LogP contribution is -2.22. The zero-order valence-electron chi connectivity index (χ0n) is 10.9. The average molecular weight is 252 g/mol. The van der Waals surface area contributed by atoms with Gasteiger partial charge in [-0.1, -0.05) is 49.4 Å². The molecule has 1 aliphatic rings. The van der Waals surface area contributed by atoms with Crippen molar-refractivity contribution in [2.45, 2.75) is 25.9 Å². The third-order valence-corrected chi connectivity index (χ3v) is 3.63. The van der Waals surface area contributed by atoms with Crippen LogP contribution in [0.5, 0.6) is 0 Å². The number of aryl methyl sites for hydroxylation is 1. The Morgan fingerprint density at radius 3 is 2.68 bits per heavy atom. The Bertz CT molecular complexity index is 602. The van der Waals surface area contributed by atoms with Crippen LogP contribution in [0.2, 0.25) is 0 Å². The van der Waals surface area contributed by atoms with Crippen molar-refractivity contribution >= 4 is 5.97 Å². The molecule has 0 radical (unpaired) electrons. The molecule has 0 aliphatic carbocycles. The number of cyclic esters (lactones) is 1. The summed E-state index contributed by atoms with van der Waals surface area (Å²) in [5.74, 6) is -0.203. The molecule has 2 aromatic carbocycles. The van der Waals surface area contributed by atoms with E-state index < -0.39 is 0 Å². The van der Waals surface area contributed by atoms with Crippen LogP contribution in [0.25, 0.3) is 0 Å². The number of rotatable bonds is 2. The molecule has 96 valence electrons. The molecule has 0 N–H and O–H groups in total. The second-order valence-corrected chi connectivity index (χ2v) is 4.85. The molecule has 0 amide bonds. The molecular weight excluding hydrogens is 236 g/mol. The van der Waals surface area contributed by atoms with E-state index in [1.807, 2.05) is 36.4 Å². The van der Waals surface area contributed by atoms with Crippen LogP contribution in [-0.4, -0.2) is 5.97 Å². The Morgan fingerprint density at radius 1 is 1.16 bits per heavy atom. The molecule has 2 nitrogen and oxygen atoms in total. The number of carbonyl (C=O) groups excluding carboxylic acids is 1. The molecule has 1 atom stereocenters. The largest absolute Gasteiger partial charge is 0.454 e. The molecule has 0 saturated heterocycles. The third kappa shape index (κ3) is 2.26. The number of esters is 1. The molecule has 19 heavy (non-hydrogen) atoms. The Balaban J connectivity index is 1.95. The maximum absolute atomic E-state index is 12.1. The molecule has 1 aliphatic heterocycles. The van der Waals surface area contributed by atoms with Crippen LogP contribution in [0.1, 0.15) is 40.1 Å². The van der Waals surface area contributed by atoms with Gasteiger partial charge < -0.3 is 4.74 Å². The van der Waals surface area contributed by atoms with Crippen molar-refractivity contribution in [3.8, 4) is 0 Å².